The lowest BCUT2D eigenvalue weighted by Crippen LogP contribution is -2.43. The first-order valence-electron chi connectivity index (χ1n) is 8.35. The quantitative estimate of drug-likeness (QED) is 0.906. The Labute approximate surface area is 121 Å². The topological polar surface area (TPSA) is 52.0 Å². The number of hydrogen-bond donors (Lipinski definition) is 1. The van der Waals surface area contributed by atoms with E-state index in [1.165, 1.54) is 37.7 Å². The molecule has 4 aliphatic carbocycles. The maximum absolute atomic E-state index is 6.08. The van der Waals surface area contributed by atoms with Crippen LogP contribution in [0.5, 0.6) is 0 Å². The predicted molar refractivity (Wildman–Crippen MR) is 79.2 cm³/mol. The monoisotopic (exact) mass is 274 g/mol. The Balaban J connectivity index is 1.67. The van der Waals surface area contributed by atoms with Gasteiger partial charge in [-0.2, -0.15) is 0 Å². The lowest BCUT2D eigenvalue weighted by atomic mass is 9.51. The second kappa shape index (κ2) is 4.51. The molecule has 110 valence electrons. The smallest absolute Gasteiger partial charge is 0.170 e. The van der Waals surface area contributed by atoms with Gasteiger partial charge in [0, 0.05) is 11.5 Å². The number of nitrogen functional groups attached to an aromatic ring is 1. The van der Waals surface area contributed by atoms with E-state index < -0.39 is 0 Å². The summed E-state index contributed by atoms with van der Waals surface area (Å²) in [5.41, 5.74) is 7.30. The van der Waals surface area contributed by atoms with E-state index in [1.54, 1.807) is 0 Å². The standard InChI is InChI=1S/C17H26N2O/c1-9(2)3-14-16(20-19-17(14)18)15-12-5-10-4-11(7-12)8-13(15)6-10/h9-13,15H,3-8H2,1-2H3,(H2,18,19). The molecule has 0 aromatic carbocycles. The van der Waals surface area contributed by atoms with Gasteiger partial charge in [-0.25, -0.2) is 0 Å². The zero-order valence-corrected chi connectivity index (χ0v) is 12.6. The average Bonchev–Trinajstić information content (AvgIpc) is 2.70. The molecule has 4 aliphatic rings. The first kappa shape index (κ1) is 12.7. The van der Waals surface area contributed by atoms with Crippen molar-refractivity contribution >= 4 is 5.82 Å². The molecule has 0 aliphatic heterocycles. The summed E-state index contributed by atoms with van der Waals surface area (Å²) in [6.45, 7) is 4.49. The number of hydrogen-bond acceptors (Lipinski definition) is 3. The molecular weight excluding hydrogens is 248 g/mol. The second-order valence-electron chi connectivity index (χ2n) is 7.97. The number of nitrogens with zero attached hydrogens (tertiary/aromatic N) is 1. The van der Waals surface area contributed by atoms with Gasteiger partial charge < -0.3 is 10.3 Å². The third-order valence-electron chi connectivity index (χ3n) is 5.99. The average molecular weight is 274 g/mol. The van der Waals surface area contributed by atoms with Crippen LogP contribution in [-0.4, -0.2) is 5.16 Å². The third kappa shape index (κ3) is 1.89. The summed E-state index contributed by atoms with van der Waals surface area (Å²) in [5, 5.41) is 4.11. The number of anilines is 1. The van der Waals surface area contributed by atoms with Crippen LogP contribution in [0.3, 0.4) is 0 Å². The molecule has 4 fully saturated rings. The molecule has 0 unspecified atom stereocenters. The number of rotatable bonds is 3. The Kier molecular flexibility index (Phi) is 2.87. The maximum Gasteiger partial charge on any atom is 0.170 e. The zero-order chi connectivity index (χ0) is 13.9. The van der Waals surface area contributed by atoms with Crippen LogP contribution in [0.4, 0.5) is 5.82 Å². The van der Waals surface area contributed by atoms with Gasteiger partial charge in [-0.3, -0.25) is 0 Å². The van der Waals surface area contributed by atoms with Gasteiger partial charge in [-0.1, -0.05) is 19.0 Å². The van der Waals surface area contributed by atoms with Crippen LogP contribution in [0.25, 0.3) is 0 Å². The van der Waals surface area contributed by atoms with E-state index in [-0.39, 0.29) is 0 Å². The van der Waals surface area contributed by atoms with E-state index in [9.17, 15) is 0 Å². The molecule has 1 heterocycles. The van der Waals surface area contributed by atoms with Gasteiger partial charge in [-0.05, 0) is 68.1 Å². The van der Waals surface area contributed by atoms with E-state index >= 15 is 0 Å². The van der Waals surface area contributed by atoms with E-state index in [4.69, 9.17) is 10.3 Å². The summed E-state index contributed by atoms with van der Waals surface area (Å²) in [7, 11) is 0. The van der Waals surface area contributed by atoms with E-state index in [0.717, 1.165) is 35.9 Å². The fourth-order valence-electron chi connectivity index (χ4n) is 5.56. The largest absolute Gasteiger partial charge is 0.381 e. The van der Waals surface area contributed by atoms with Gasteiger partial charge in [0.05, 0.1) is 0 Å². The molecule has 1 aromatic heterocycles. The van der Waals surface area contributed by atoms with Gasteiger partial charge in [-0.15, -0.1) is 0 Å². The summed E-state index contributed by atoms with van der Waals surface area (Å²) in [4.78, 5) is 0. The predicted octanol–water partition coefficient (Wildman–Crippen LogP) is 4.00. The normalized spacial score (nSPS) is 38.9. The van der Waals surface area contributed by atoms with Gasteiger partial charge in [0.2, 0.25) is 0 Å². The van der Waals surface area contributed by atoms with Crippen LogP contribution in [0.2, 0.25) is 0 Å². The summed E-state index contributed by atoms with van der Waals surface area (Å²) in [5.74, 6) is 6.69. The molecule has 0 spiro atoms. The molecule has 4 saturated carbocycles. The van der Waals surface area contributed by atoms with Crippen molar-refractivity contribution in [1.82, 2.24) is 5.16 Å². The van der Waals surface area contributed by atoms with Crippen molar-refractivity contribution in [3.63, 3.8) is 0 Å². The molecule has 0 radical (unpaired) electrons. The first-order chi connectivity index (χ1) is 9.61. The van der Waals surface area contributed by atoms with Crippen molar-refractivity contribution in [3.05, 3.63) is 11.3 Å². The number of nitrogens with two attached hydrogens (primary N) is 1. The SMILES string of the molecule is CC(C)Cc1c(N)noc1C1C2CC3CC(C2)CC1C3. The third-order valence-corrected chi connectivity index (χ3v) is 5.99. The molecule has 0 amide bonds. The first-order valence-corrected chi connectivity index (χ1v) is 8.35. The Morgan fingerprint density at radius 1 is 1.10 bits per heavy atom. The molecule has 1 aromatic rings. The highest BCUT2D eigenvalue weighted by Gasteiger charge is 2.50. The summed E-state index contributed by atoms with van der Waals surface area (Å²) >= 11 is 0. The number of aromatic nitrogens is 1. The highest BCUT2D eigenvalue weighted by atomic mass is 16.5. The molecule has 20 heavy (non-hydrogen) atoms. The second-order valence-corrected chi connectivity index (χ2v) is 7.97. The fraction of sp³-hybridized carbons (Fsp3) is 0.824. The minimum absolute atomic E-state index is 0.604. The van der Waals surface area contributed by atoms with Crippen molar-refractivity contribution in [2.45, 2.75) is 58.3 Å². The van der Waals surface area contributed by atoms with Crippen LogP contribution in [-0.2, 0) is 6.42 Å². The molecule has 5 rings (SSSR count). The van der Waals surface area contributed by atoms with Gasteiger partial charge >= 0.3 is 0 Å². The molecule has 3 heteroatoms. The summed E-state index contributed by atoms with van der Waals surface area (Å²) in [6.07, 6.45) is 8.17. The van der Waals surface area contributed by atoms with Crippen molar-refractivity contribution in [2.24, 2.45) is 29.6 Å². The van der Waals surface area contributed by atoms with Crippen molar-refractivity contribution in [2.75, 3.05) is 5.73 Å². The van der Waals surface area contributed by atoms with Gasteiger partial charge in [0.25, 0.3) is 0 Å². The Hall–Kier alpha value is -0.990. The van der Waals surface area contributed by atoms with Gasteiger partial charge in [0.1, 0.15) is 5.76 Å². The zero-order valence-electron chi connectivity index (χ0n) is 12.6. The molecule has 4 bridgehead atoms. The summed E-state index contributed by atoms with van der Waals surface area (Å²) < 4.78 is 5.75. The Bertz CT molecular complexity index is 477. The van der Waals surface area contributed by atoms with E-state index in [2.05, 4.69) is 19.0 Å². The van der Waals surface area contributed by atoms with Crippen LogP contribution in [0.15, 0.2) is 4.52 Å². The van der Waals surface area contributed by atoms with E-state index in [1.807, 2.05) is 0 Å². The van der Waals surface area contributed by atoms with Crippen molar-refractivity contribution < 1.29 is 4.52 Å². The Morgan fingerprint density at radius 3 is 2.25 bits per heavy atom. The molecule has 3 nitrogen and oxygen atoms in total. The lowest BCUT2D eigenvalue weighted by Gasteiger charge is -2.53. The molecule has 2 N–H and O–H groups in total. The van der Waals surface area contributed by atoms with Crippen LogP contribution >= 0.6 is 0 Å². The highest BCUT2D eigenvalue weighted by Crippen LogP contribution is 2.60. The van der Waals surface area contributed by atoms with Crippen LogP contribution in [0, 0.1) is 29.6 Å². The minimum atomic E-state index is 0.604. The van der Waals surface area contributed by atoms with Gasteiger partial charge in [0.15, 0.2) is 5.82 Å². The van der Waals surface area contributed by atoms with E-state index in [0.29, 0.717) is 17.7 Å². The fourth-order valence-corrected chi connectivity index (χ4v) is 5.56. The minimum Gasteiger partial charge on any atom is -0.381 e. The lowest BCUT2D eigenvalue weighted by molar-refractivity contribution is -0.0117. The van der Waals surface area contributed by atoms with Crippen molar-refractivity contribution in [3.8, 4) is 0 Å². The highest BCUT2D eigenvalue weighted by molar-refractivity contribution is 5.42. The molecule has 0 atom stereocenters. The maximum atomic E-state index is 6.08. The van der Waals surface area contributed by atoms with Crippen LogP contribution < -0.4 is 5.73 Å². The molecule has 0 saturated heterocycles. The Morgan fingerprint density at radius 2 is 1.70 bits per heavy atom. The van der Waals surface area contributed by atoms with Crippen molar-refractivity contribution in [1.29, 1.82) is 0 Å². The van der Waals surface area contributed by atoms with Crippen LogP contribution in [0.1, 0.15) is 63.2 Å². The summed E-state index contributed by atoms with van der Waals surface area (Å²) in [6, 6.07) is 0. The molecular formula is C17H26N2O.